The van der Waals surface area contributed by atoms with Crippen molar-refractivity contribution in [1.29, 1.82) is 0 Å². The molecule has 0 amide bonds. The zero-order valence-electron chi connectivity index (χ0n) is 21.9. The average Bonchev–Trinajstić information content (AvgIpc) is 3.71. The van der Waals surface area contributed by atoms with Crippen LogP contribution in [0.15, 0.2) is 115 Å². The zero-order chi connectivity index (χ0) is 26.4. The number of fused-ring (bicyclic) bond motifs is 10. The van der Waals surface area contributed by atoms with Gasteiger partial charge in [0.05, 0.1) is 44.1 Å². The fourth-order valence-corrected chi connectivity index (χ4v) is 6.35. The molecule has 0 radical (unpaired) electrons. The molecular formula is C34H24N6. The standard InChI is InChI=1S/C34H24N6/c1-37-29-13-7-8-14-30(29)39-28-17-15-22(20-26(28)36-33(37)39)19-23-16-18-31-32(21-23)40-27-12-6-5-11-25(27)35-34(40)38(31)24-9-3-2-4-10-24/h2-18,20-21H,19H2,1H3. The first-order valence-electron chi connectivity index (χ1n) is 13.5. The van der Waals surface area contributed by atoms with Crippen molar-refractivity contribution in [2.75, 3.05) is 0 Å². The summed E-state index contributed by atoms with van der Waals surface area (Å²) >= 11 is 0. The Morgan fingerprint density at radius 3 is 1.98 bits per heavy atom. The summed E-state index contributed by atoms with van der Waals surface area (Å²) in [6, 6.07) is 40.8. The molecule has 0 atom stereocenters. The van der Waals surface area contributed by atoms with E-state index in [0.717, 1.165) is 56.8 Å². The Bertz CT molecular complexity index is 2420. The van der Waals surface area contributed by atoms with Gasteiger partial charge in [0, 0.05) is 12.7 Å². The van der Waals surface area contributed by atoms with Crippen LogP contribution in [0, 0.1) is 0 Å². The van der Waals surface area contributed by atoms with E-state index >= 15 is 0 Å². The largest absolute Gasteiger partial charge is 0.313 e. The highest BCUT2D eigenvalue weighted by Crippen LogP contribution is 2.31. The molecule has 0 saturated heterocycles. The van der Waals surface area contributed by atoms with Crippen LogP contribution in [-0.4, -0.2) is 27.9 Å². The van der Waals surface area contributed by atoms with Gasteiger partial charge in [0.25, 0.3) is 0 Å². The Hall–Kier alpha value is -5.36. The van der Waals surface area contributed by atoms with Crippen LogP contribution < -0.4 is 0 Å². The van der Waals surface area contributed by atoms with E-state index in [1.54, 1.807) is 0 Å². The van der Waals surface area contributed by atoms with Crippen molar-refractivity contribution in [2.45, 2.75) is 6.42 Å². The lowest BCUT2D eigenvalue weighted by atomic mass is 10.0. The number of rotatable bonds is 3. The van der Waals surface area contributed by atoms with Gasteiger partial charge in [-0.05, 0) is 78.2 Å². The summed E-state index contributed by atoms with van der Waals surface area (Å²) in [5, 5.41) is 0. The van der Waals surface area contributed by atoms with Crippen molar-refractivity contribution in [3.8, 4) is 5.69 Å². The van der Waals surface area contributed by atoms with Crippen LogP contribution in [0.4, 0.5) is 0 Å². The molecule has 4 aromatic heterocycles. The van der Waals surface area contributed by atoms with Crippen LogP contribution in [0.2, 0.25) is 0 Å². The molecule has 4 heterocycles. The smallest absolute Gasteiger partial charge is 0.220 e. The monoisotopic (exact) mass is 516 g/mol. The average molecular weight is 517 g/mol. The Labute approximate surface area is 229 Å². The molecule has 0 unspecified atom stereocenters. The topological polar surface area (TPSA) is 44.5 Å². The van der Waals surface area contributed by atoms with E-state index in [1.807, 2.05) is 6.07 Å². The predicted octanol–water partition coefficient (Wildman–Crippen LogP) is 7.31. The number of benzene rings is 5. The van der Waals surface area contributed by atoms with Crippen LogP contribution in [0.3, 0.4) is 0 Å². The van der Waals surface area contributed by atoms with E-state index in [4.69, 9.17) is 9.97 Å². The minimum absolute atomic E-state index is 0.825. The molecule has 0 fully saturated rings. The molecule has 5 aromatic carbocycles. The summed E-state index contributed by atoms with van der Waals surface area (Å²) in [7, 11) is 2.09. The summed E-state index contributed by atoms with van der Waals surface area (Å²) in [6.45, 7) is 0. The second kappa shape index (κ2) is 7.83. The first kappa shape index (κ1) is 21.6. The normalized spacial score (nSPS) is 12.2. The van der Waals surface area contributed by atoms with Gasteiger partial charge in [0.15, 0.2) is 0 Å². The van der Waals surface area contributed by atoms with Crippen LogP contribution >= 0.6 is 0 Å². The molecule has 0 bridgehead atoms. The molecule has 190 valence electrons. The minimum Gasteiger partial charge on any atom is -0.313 e. The van der Waals surface area contributed by atoms with E-state index in [1.165, 1.54) is 22.2 Å². The highest BCUT2D eigenvalue weighted by molar-refractivity contribution is 5.93. The highest BCUT2D eigenvalue weighted by atomic mass is 15.2. The third kappa shape index (κ3) is 2.87. The summed E-state index contributed by atoms with van der Waals surface area (Å²) in [6.07, 6.45) is 0.825. The van der Waals surface area contributed by atoms with Gasteiger partial charge in [-0.2, -0.15) is 0 Å². The van der Waals surface area contributed by atoms with E-state index in [2.05, 4.69) is 134 Å². The molecule has 0 spiro atoms. The third-order valence-electron chi connectivity index (χ3n) is 8.17. The lowest BCUT2D eigenvalue weighted by molar-refractivity contribution is 0.973. The molecule has 6 heteroatoms. The van der Waals surface area contributed by atoms with Gasteiger partial charge in [-0.1, -0.05) is 54.6 Å². The summed E-state index contributed by atoms with van der Waals surface area (Å²) in [5.74, 6) is 1.89. The third-order valence-corrected chi connectivity index (χ3v) is 8.17. The van der Waals surface area contributed by atoms with Crippen LogP contribution in [-0.2, 0) is 13.5 Å². The second-order valence-corrected chi connectivity index (χ2v) is 10.5. The molecule has 0 saturated carbocycles. The van der Waals surface area contributed by atoms with E-state index in [0.29, 0.717) is 0 Å². The lowest BCUT2D eigenvalue weighted by Crippen LogP contribution is -1.94. The summed E-state index contributed by atoms with van der Waals surface area (Å²) in [4.78, 5) is 10.1. The number of para-hydroxylation sites is 5. The molecule has 0 N–H and O–H groups in total. The summed E-state index contributed by atoms with van der Waals surface area (Å²) in [5.41, 5.74) is 12.6. The Kier molecular flexibility index (Phi) is 4.22. The number of aromatic nitrogens is 6. The van der Waals surface area contributed by atoms with Gasteiger partial charge < -0.3 is 4.57 Å². The molecule has 9 rings (SSSR count). The van der Waals surface area contributed by atoms with Crippen molar-refractivity contribution in [1.82, 2.24) is 27.9 Å². The van der Waals surface area contributed by atoms with Gasteiger partial charge in [0.1, 0.15) is 0 Å². The molecule has 6 nitrogen and oxygen atoms in total. The van der Waals surface area contributed by atoms with Gasteiger partial charge in [-0.3, -0.25) is 13.4 Å². The fourth-order valence-electron chi connectivity index (χ4n) is 6.35. The Balaban J connectivity index is 1.20. The van der Waals surface area contributed by atoms with Crippen molar-refractivity contribution in [3.63, 3.8) is 0 Å². The Morgan fingerprint density at radius 2 is 1.12 bits per heavy atom. The fraction of sp³-hybridized carbons (Fsp3) is 0.0588. The number of imidazole rings is 4. The maximum atomic E-state index is 5.03. The maximum Gasteiger partial charge on any atom is 0.220 e. The number of hydrogen-bond acceptors (Lipinski definition) is 2. The molecule has 0 aliphatic heterocycles. The molecule has 40 heavy (non-hydrogen) atoms. The van der Waals surface area contributed by atoms with Crippen molar-refractivity contribution in [3.05, 3.63) is 126 Å². The molecule has 9 aromatic rings. The quantitative estimate of drug-likeness (QED) is 0.247. The minimum atomic E-state index is 0.825. The van der Waals surface area contributed by atoms with Gasteiger partial charge in [-0.25, -0.2) is 9.97 Å². The SMILES string of the molecule is Cn1c2ccccc2n2c3ccc(Cc4ccc5c(c4)n4c6ccccc6nc4n5-c4ccccc4)cc3nc12. The maximum absolute atomic E-state index is 5.03. The molecule has 0 aliphatic carbocycles. The van der Waals surface area contributed by atoms with Crippen LogP contribution in [0.5, 0.6) is 0 Å². The molecular weight excluding hydrogens is 492 g/mol. The summed E-state index contributed by atoms with van der Waals surface area (Å²) < 4.78 is 8.97. The van der Waals surface area contributed by atoms with Gasteiger partial charge in [0.2, 0.25) is 11.6 Å². The van der Waals surface area contributed by atoms with Crippen LogP contribution in [0.25, 0.3) is 61.4 Å². The van der Waals surface area contributed by atoms with Gasteiger partial charge in [-0.15, -0.1) is 0 Å². The number of nitrogens with zero attached hydrogens (tertiary/aromatic N) is 6. The zero-order valence-corrected chi connectivity index (χ0v) is 21.9. The number of aryl methyl sites for hydroxylation is 1. The van der Waals surface area contributed by atoms with Crippen LogP contribution in [0.1, 0.15) is 11.1 Å². The lowest BCUT2D eigenvalue weighted by Gasteiger charge is -2.06. The first-order valence-corrected chi connectivity index (χ1v) is 13.5. The molecule has 0 aliphatic rings. The predicted molar refractivity (Wildman–Crippen MR) is 162 cm³/mol. The van der Waals surface area contributed by atoms with Crippen molar-refractivity contribution in [2.24, 2.45) is 7.05 Å². The van der Waals surface area contributed by atoms with Crippen molar-refractivity contribution >= 4 is 55.7 Å². The van der Waals surface area contributed by atoms with E-state index in [9.17, 15) is 0 Å². The van der Waals surface area contributed by atoms with Gasteiger partial charge >= 0.3 is 0 Å². The van der Waals surface area contributed by atoms with E-state index in [-0.39, 0.29) is 0 Å². The second-order valence-electron chi connectivity index (χ2n) is 10.5. The first-order chi connectivity index (χ1) is 19.7. The van der Waals surface area contributed by atoms with E-state index < -0.39 is 0 Å². The highest BCUT2D eigenvalue weighted by Gasteiger charge is 2.18. The van der Waals surface area contributed by atoms with Crippen molar-refractivity contribution < 1.29 is 0 Å². The Morgan fingerprint density at radius 1 is 0.500 bits per heavy atom. The number of hydrogen-bond donors (Lipinski definition) is 0.